The van der Waals surface area contributed by atoms with E-state index in [1.54, 1.807) is 6.08 Å². The van der Waals surface area contributed by atoms with Crippen LogP contribution in [0.2, 0.25) is 0 Å². The normalized spacial score (nSPS) is 12.8. The Kier molecular flexibility index (Phi) is 64.5. The van der Waals surface area contributed by atoms with E-state index >= 15 is 0 Å². The molecule has 3 N–H and O–H groups in total. The molecule has 0 rings (SSSR count). The van der Waals surface area contributed by atoms with E-state index < -0.39 is 12.1 Å². The Bertz CT molecular complexity index is 1290. The molecule has 0 fully saturated rings. The summed E-state index contributed by atoms with van der Waals surface area (Å²) >= 11 is 0. The second kappa shape index (κ2) is 66.3. The van der Waals surface area contributed by atoms with E-state index in [1.165, 1.54) is 289 Å². The number of unbranched alkanes of at least 4 members (excludes halogenated alkanes) is 47. The fourth-order valence-electron chi connectivity index (χ4n) is 10.5. The molecule has 77 heavy (non-hydrogen) atoms. The van der Waals surface area contributed by atoms with Crippen LogP contribution in [0.25, 0.3) is 0 Å². The molecule has 6 nitrogen and oxygen atoms in total. The molecule has 0 radical (unpaired) electrons. The van der Waals surface area contributed by atoms with Crippen LogP contribution in [0.15, 0.2) is 48.6 Å². The van der Waals surface area contributed by atoms with Crippen LogP contribution in [0.1, 0.15) is 367 Å². The molecule has 0 saturated heterocycles. The van der Waals surface area contributed by atoms with E-state index in [1.807, 2.05) is 6.08 Å². The largest absolute Gasteiger partial charge is 0.466 e. The van der Waals surface area contributed by atoms with Crippen molar-refractivity contribution in [3.63, 3.8) is 0 Å². The van der Waals surface area contributed by atoms with Gasteiger partial charge in [-0.1, -0.05) is 313 Å². The Morgan fingerprint density at radius 2 is 0.649 bits per heavy atom. The maximum absolute atomic E-state index is 12.4. The van der Waals surface area contributed by atoms with Crippen LogP contribution in [0.3, 0.4) is 0 Å². The first-order chi connectivity index (χ1) is 38.0. The molecule has 0 aromatic heterocycles. The summed E-state index contributed by atoms with van der Waals surface area (Å²) in [6.45, 7) is 4.89. The topological polar surface area (TPSA) is 95.9 Å². The molecule has 0 aliphatic rings. The van der Waals surface area contributed by atoms with Crippen molar-refractivity contribution in [3.05, 3.63) is 48.6 Å². The minimum atomic E-state index is -0.842. The second-order valence-electron chi connectivity index (χ2n) is 23.5. The summed E-state index contributed by atoms with van der Waals surface area (Å²) < 4.78 is 5.49. The van der Waals surface area contributed by atoms with Gasteiger partial charge >= 0.3 is 5.97 Å². The third-order valence-corrected chi connectivity index (χ3v) is 15.8. The van der Waals surface area contributed by atoms with E-state index in [4.69, 9.17) is 4.74 Å². The molecular formula is C71H133NO5. The van der Waals surface area contributed by atoms with E-state index in [2.05, 4.69) is 55.6 Å². The summed E-state index contributed by atoms with van der Waals surface area (Å²) in [5.74, 6) is -0.0609. The maximum atomic E-state index is 12.4. The van der Waals surface area contributed by atoms with Gasteiger partial charge in [0.25, 0.3) is 0 Å². The molecule has 0 aliphatic carbocycles. The van der Waals surface area contributed by atoms with Gasteiger partial charge in [0.15, 0.2) is 0 Å². The van der Waals surface area contributed by atoms with Crippen LogP contribution in [0.5, 0.6) is 0 Å². The molecule has 0 aromatic rings. The molecule has 0 bridgehead atoms. The lowest BCUT2D eigenvalue weighted by Crippen LogP contribution is -2.45. The number of carbonyl (C=O) groups excluding carboxylic acids is 2. The Morgan fingerprint density at radius 3 is 1.01 bits per heavy atom. The highest BCUT2D eigenvalue weighted by molar-refractivity contribution is 5.76. The number of aliphatic hydroxyl groups is 2. The minimum absolute atomic E-state index is 0.00435. The second-order valence-corrected chi connectivity index (χ2v) is 23.5. The van der Waals surface area contributed by atoms with E-state index in [0.29, 0.717) is 19.4 Å². The highest BCUT2D eigenvalue weighted by Crippen LogP contribution is 2.18. The van der Waals surface area contributed by atoms with Crippen molar-refractivity contribution in [2.45, 2.75) is 379 Å². The van der Waals surface area contributed by atoms with E-state index in [-0.39, 0.29) is 18.5 Å². The van der Waals surface area contributed by atoms with Crippen LogP contribution in [-0.4, -0.2) is 47.4 Å². The quantitative estimate of drug-likeness (QED) is 0.0320. The molecule has 0 saturated carbocycles. The molecular weight excluding hydrogens is 947 g/mol. The monoisotopic (exact) mass is 1080 g/mol. The number of esters is 1. The van der Waals surface area contributed by atoms with Gasteiger partial charge in [-0.25, -0.2) is 0 Å². The summed E-state index contributed by atoms with van der Waals surface area (Å²) in [6.07, 6.45) is 86.2. The maximum Gasteiger partial charge on any atom is 0.305 e. The minimum Gasteiger partial charge on any atom is -0.466 e. The third-order valence-electron chi connectivity index (χ3n) is 15.8. The average molecular weight is 1080 g/mol. The van der Waals surface area contributed by atoms with Crippen molar-refractivity contribution in [1.82, 2.24) is 5.32 Å². The van der Waals surface area contributed by atoms with Gasteiger partial charge in [-0.2, -0.15) is 0 Å². The molecule has 452 valence electrons. The van der Waals surface area contributed by atoms with Crippen molar-refractivity contribution in [2.24, 2.45) is 0 Å². The zero-order chi connectivity index (χ0) is 55.7. The number of aliphatic hydroxyl groups excluding tert-OH is 2. The first-order valence-corrected chi connectivity index (χ1v) is 34.4. The highest BCUT2D eigenvalue weighted by atomic mass is 16.5. The predicted octanol–water partition coefficient (Wildman–Crippen LogP) is 22.1. The van der Waals surface area contributed by atoms with Crippen LogP contribution in [0, 0.1) is 0 Å². The van der Waals surface area contributed by atoms with Gasteiger partial charge in [-0.05, 0) is 89.9 Å². The molecule has 2 unspecified atom stereocenters. The zero-order valence-corrected chi connectivity index (χ0v) is 51.7. The molecule has 2 atom stereocenters. The number of nitrogens with one attached hydrogen (secondary N) is 1. The van der Waals surface area contributed by atoms with Gasteiger partial charge < -0.3 is 20.3 Å². The number of hydrogen-bond donors (Lipinski definition) is 3. The number of ether oxygens (including phenoxy) is 1. The van der Waals surface area contributed by atoms with Crippen LogP contribution in [0.4, 0.5) is 0 Å². The number of hydrogen-bond acceptors (Lipinski definition) is 5. The predicted molar refractivity (Wildman–Crippen MR) is 338 cm³/mol. The van der Waals surface area contributed by atoms with Crippen LogP contribution in [-0.2, 0) is 14.3 Å². The average Bonchev–Trinajstić information content (AvgIpc) is 3.43. The Labute approximate surface area is 480 Å². The number of amides is 1. The highest BCUT2D eigenvalue weighted by Gasteiger charge is 2.18. The fraction of sp³-hybridized carbons (Fsp3) is 0.859. The molecule has 0 aliphatic heterocycles. The van der Waals surface area contributed by atoms with Crippen molar-refractivity contribution in [1.29, 1.82) is 0 Å². The van der Waals surface area contributed by atoms with Gasteiger partial charge in [-0.3, -0.25) is 9.59 Å². The van der Waals surface area contributed by atoms with Gasteiger partial charge in [0.05, 0.1) is 25.4 Å². The summed E-state index contributed by atoms with van der Waals surface area (Å²) in [5, 5.41) is 23.1. The lowest BCUT2D eigenvalue weighted by molar-refractivity contribution is -0.143. The van der Waals surface area contributed by atoms with Crippen LogP contribution >= 0.6 is 0 Å². The SMILES string of the molecule is CCCCCC/C=C\C/C=C\CCCCCCCC(=O)OCCCCCCCCCCCCCC/C=C\CCCCCCCCCCCCCCCCCCC(=O)NC(CO)C(O)/C=C/CCCCCCCCCCCC. The Balaban J connectivity index is 3.36. The first-order valence-electron chi connectivity index (χ1n) is 34.4. The van der Waals surface area contributed by atoms with Crippen molar-refractivity contribution < 1.29 is 24.5 Å². The number of carbonyl (C=O) groups is 2. The molecule has 0 aromatic carbocycles. The smallest absolute Gasteiger partial charge is 0.305 e. The first kappa shape index (κ1) is 74.8. The molecule has 6 heteroatoms. The summed E-state index contributed by atoms with van der Waals surface area (Å²) in [7, 11) is 0. The van der Waals surface area contributed by atoms with Crippen molar-refractivity contribution in [3.8, 4) is 0 Å². The van der Waals surface area contributed by atoms with Gasteiger partial charge in [0, 0.05) is 12.8 Å². The molecule has 1 amide bonds. The van der Waals surface area contributed by atoms with Gasteiger partial charge in [0.1, 0.15) is 0 Å². The lowest BCUT2D eigenvalue weighted by Gasteiger charge is -2.20. The van der Waals surface area contributed by atoms with Crippen molar-refractivity contribution in [2.75, 3.05) is 13.2 Å². The lowest BCUT2D eigenvalue weighted by atomic mass is 10.0. The number of rotatable bonds is 64. The zero-order valence-electron chi connectivity index (χ0n) is 51.7. The standard InChI is InChI=1S/C71H133NO5/c1-3-5-7-9-11-13-15-17-18-38-41-45-49-53-57-61-65-71(76)77-66-62-58-54-50-46-42-39-36-34-32-30-28-26-24-22-20-19-21-23-25-27-29-31-33-35-37-40-44-48-52-56-60-64-70(75)72-68(67-73)69(74)63-59-55-51-47-43-16-14-12-10-8-6-4-2/h13,15,18,22,24,38,59,63,68-69,73-74H,3-12,14,16-17,19-21,23,25-37,39-58,60-62,64-67H2,1-2H3,(H,72,75)/b15-13-,24-22-,38-18-,63-59+. The Hall–Kier alpha value is -2.18. The van der Waals surface area contributed by atoms with Gasteiger partial charge in [0.2, 0.25) is 5.91 Å². The van der Waals surface area contributed by atoms with Crippen LogP contribution < -0.4 is 5.32 Å². The molecule has 0 spiro atoms. The van der Waals surface area contributed by atoms with Gasteiger partial charge in [-0.15, -0.1) is 0 Å². The van der Waals surface area contributed by atoms with Crippen molar-refractivity contribution >= 4 is 11.9 Å². The third kappa shape index (κ3) is 62.9. The Morgan fingerprint density at radius 1 is 0.364 bits per heavy atom. The van der Waals surface area contributed by atoms with E-state index in [0.717, 1.165) is 51.4 Å². The summed E-state index contributed by atoms with van der Waals surface area (Å²) in [6, 6.07) is -0.625. The number of allylic oxidation sites excluding steroid dienone is 7. The summed E-state index contributed by atoms with van der Waals surface area (Å²) in [4.78, 5) is 24.5. The molecule has 0 heterocycles. The fourth-order valence-corrected chi connectivity index (χ4v) is 10.5. The summed E-state index contributed by atoms with van der Waals surface area (Å²) in [5.41, 5.74) is 0. The van der Waals surface area contributed by atoms with E-state index in [9.17, 15) is 19.8 Å².